The third-order valence-electron chi connectivity index (χ3n) is 1.22. The largest absolute Gasteiger partial charge is 0.368 e. The normalized spacial score (nSPS) is 23.6. The minimum absolute atomic E-state index is 0.380. The molecule has 5 nitrogen and oxygen atoms in total. The first kappa shape index (κ1) is 5.87. The van der Waals surface area contributed by atoms with Crippen LogP contribution < -0.4 is 11.5 Å². The summed E-state index contributed by atoms with van der Waals surface area (Å²) in [6, 6.07) is -1.03. The van der Waals surface area contributed by atoms with Crippen LogP contribution in [0.4, 0.5) is 4.79 Å². The molecule has 0 radical (unpaired) electrons. The summed E-state index contributed by atoms with van der Waals surface area (Å²) in [5.41, 5.74) is 9.64. The fourth-order valence-corrected chi connectivity index (χ4v) is 0.626. The molecular formula is C4H7N3O2. The molecule has 0 aromatic rings. The molecule has 0 aliphatic carbocycles. The molecule has 1 atom stereocenters. The number of nitrogens with two attached hydrogens (primary N) is 2. The van der Waals surface area contributed by atoms with Crippen LogP contribution in [0, 0.1) is 0 Å². The van der Waals surface area contributed by atoms with Gasteiger partial charge in [0.15, 0.2) is 0 Å². The summed E-state index contributed by atoms with van der Waals surface area (Å²) in [6.45, 7) is 0.380. The van der Waals surface area contributed by atoms with Gasteiger partial charge in [0.1, 0.15) is 6.04 Å². The summed E-state index contributed by atoms with van der Waals surface area (Å²) in [4.78, 5) is 21.7. The quantitative estimate of drug-likeness (QED) is 0.410. The number of carbonyl (C=O) groups excluding carboxylic acids is 2. The predicted octanol–water partition coefficient (Wildman–Crippen LogP) is -1.77. The summed E-state index contributed by atoms with van der Waals surface area (Å²) in [5, 5.41) is 0. The van der Waals surface area contributed by atoms with Crippen molar-refractivity contribution in [3.8, 4) is 0 Å². The summed E-state index contributed by atoms with van der Waals surface area (Å²) in [5.74, 6) is -0.492. The number of amides is 3. The van der Waals surface area contributed by atoms with E-state index in [9.17, 15) is 9.59 Å². The molecule has 0 bridgehead atoms. The van der Waals surface area contributed by atoms with Gasteiger partial charge in [-0.15, -0.1) is 0 Å². The van der Waals surface area contributed by atoms with Crippen molar-refractivity contribution in [2.45, 2.75) is 6.04 Å². The molecule has 50 valence electrons. The molecule has 1 fully saturated rings. The van der Waals surface area contributed by atoms with Crippen molar-refractivity contribution in [1.82, 2.24) is 4.90 Å². The summed E-state index contributed by atoms with van der Waals surface area (Å²) in [6.07, 6.45) is 0. The molecule has 5 heteroatoms. The fraction of sp³-hybridized carbons (Fsp3) is 0.500. The molecule has 0 aromatic carbocycles. The molecule has 1 aliphatic heterocycles. The van der Waals surface area contributed by atoms with Crippen molar-refractivity contribution in [2.75, 3.05) is 6.54 Å². The SMILES string of the molecule is NC(=O)C1CN1C(N)=O. The lowest BCUT2D eigenvalue weighted by molar-refractivity contribution is -0.118. The van der Waals surface area contributed by atoms with Gasteiger partial charge in [-0.3, -0.25) is 4.79 Å². The number of rotatable bonds is 1. The van der Waals surface area contributed by atoms with E-state index in [-0.39, 0.29) is 0 Å². The Morgan fingerprint density at radius 3 is 2.11 bits per heavy atom. The van der Waals surface area contributed by atoms with Gasteiger partial charge in [0.05, 0.1) is 6.54 Å². The second kappa shape index (κ2) is 1.61. The summed E-state index contributed by atoms with van der Waals surface area (Å²) in [7, 11) is 0. The highest BCUT2D eigenvalue weighted by Crippen LogP contribution is 2.14. The Labute approximate surface area is 51.6 Å². The minimum atomic E-state index is -0.584. The van der Waals surface area contributed by atoms with E-state index in [1.807, 2.05) is 0 Å². The van der Waals surface area contributed by atoms with Gasteiger partial charge in [-0.05, 0) is 0 Å². The molecule has 3 amide bonds. The van der Waals surface area contributed by atoms with E-state index in [2.05, 4.69) is 0 Å². The van der Waals surface area contributed by atoms with Crippen LogP contribution in [0.3, 0.4) is 0 Å². The van der Waals surface area contributed by atoms with Crippen LogP contribution in [-0.4, -0.2) is 29.4 Å². The zero-order valence-electron chi connectivity index (χ0n) is 4.70. The molecule has 1 saturated heterocycles. The summed E-state index contributed by atoms with van der Waals surface area (Å²) >= 11 is 0. The van der Waals surface area contributed by atoms with E-state index in [0.29, 0.717) is 6.54 Å². The van der Waals surface area contributed by atoms with Crippen LogP contribution >= 0.6 is 0 Å². The zero-order valence-corrected chi connectivity index (χ0v) is 4.70. The summed E-state index contributed by atoms with van der Waals surface area (Å²) < 4.78 is 0. The van der Waals surface area contributed by atoms with Crippen molar-refractivity contribution < 1.29 is 9.59 Å². The maximum atomic E-state index is 10.2. The van der Waals surface area contributed by atoms with E-state index < -0.39 is 18.0 Å². The van der Waals surface area contributed by atoms with E-state index in [1.165, 1.54) is 4.90 Å². The fourth-order valence-electron chi connectivity index (χ4n) is 0.626. The number of hydrogen-bond acceptors (Lipinski definition) is 2. The highest BCUT2D eigenvalue weighted by molar-refractivity contribution is 5.90. The smallest absolute Gasteiger partial charge is 0.315 e. The third-order valence-corrected chi connectivity index (χ3v) is 1.22. The van der Waals surface area contributed by atoms with Crippen LogP contribution in [0.25, 0.3) is 0 Å². The van der Waals surface area contributed by atoms with Crippen molar-refractivity contribution in [3.05, 3.63) is 0 Å². The van der Waals surface area contributed by atoms with Gasteiger partial charge in [0, 0.05) is 0 Å². The topological polar surface area (TPSA) is 89.2 Å². The Hall–Kier alpha value is -1.26. The van der Waals surface area contributed by atoms with Crippen LogP contribution in [0.2, 0.25) is 0 Å². The molecule has 0 saturated carbocycles. The first-order chi connectivity index (χ1) is 4.13. The monoisotopic (exact) mass is 129 g/mol. The second-order valence-corrected chi connectivity index (χ2v) is 1.91. The van der Waals surface area contributed by atoms with E-state index in [4.69, 9.17) is 11.5 Å². The van der Waals surface area contributed by atoms with E-state index in [0.717, 1.165) is 0 Å². The lowest BCUT2D eigenvalue weighted by Crippen LogP contribution is -2.27. The molecule has 9 heavy (non-hydrogen) atoms. The predicted molar refractivity (Wildman–Crippen MR) is 29.3 cm³/mol. The van der Waals surface area contributed by atoms with Crippen LogP contribution in [0.1, 0.15) is 0 Å². The van der Waals surface area contributed by atoms with Gasteiger partial charge in [0.2, 0.25) is 5.91 Å². The number of nitrogens with zero attached hydrogens (tertiary/aromatic N) is 1. The van der Waals surface area contributed by atoms with Crippen molar-refractivity contribution in [3.63, 3.8) is 0 Å². The standard InChI is InChI=1S/C4H7N3O2/c5-3(8)2-1-7(2)4(6)9/h2H,1H2,(H2,5,8)(H2,6,9). The highest BCUT2D eigenvalue weighted by atomic mass is 16.2. The Kier molecular flexibility index (Phi) is 1.05. The molecule has 1 unspecified atom stereocenters. The van der Waals surface area contributed by atoms with Gasteiger partial charge < -0.3 is 16.4 Å². The first-order valence-electron chi connectivity index (χ1n) is 2.48. The average Bonchev–Trinajstić information content (AvgIpc) is 2.39. The molecule has 0 aromatic heterocycles. The molecular weight excluding hydrogens is 122 g/mol. The second-order valence-electron chi connectivity index (χ2n) is 1.91. The number of carbonyl (C=O) groups is 2. The van der Waals surface area contributed by atoms with Gasteiger partial charge >= 0.3 is 6.03 Å². The minimum Gasteiger partial charge on any atom is -0.368 e. The molecule has 0 spiro atoms. The van der Waals surface area contributed by atoms with E-state index >= 15 is 0 Å². The van der Waals surface area contributed by atoms with Crippen molar-refractivity contribution in [2.24, 2.45) is 11.5 Å². The number of hydrogen-bond donors (Lipinski definition) is 2. The maximum absolute atomic E-state index is 10.2. The van der Waals surface area contributed by atoms with Crippen LogP contribution in [0.15, 0.2) is 0 Å². The first-order valence-corrected chi connectivity index (χ1v) is 2.48. The van der Waals surface area contributed by atoms with Crippen molar-refractivity contribution in [1.29, 1.82) is 0 Å². The Balaban J connectivity index is 2.42. The molecule has 4 N–H and O–H groups in total. The number of urea groups is 1. The lowest BCUT2D eigenvalue weighted by atomic mass is 10.5. The Morgan fingerprint density at radius 2 is 2.00 bits per heavy atom. The van der Waals surface area contributed by atoms with Gasteiger partial charge in [-0.2, -0.15) is 0 Å². The maximum Gasteiger partial charge on any atom is 0.315 e. The molecule has 1 rings (SSSR count). The van der Waals surface area contributed by atoms with Gasteiger partial charge in [-0.25, -0.2) is 4.79 Å². The average molecular weight is 129 g/mol. The van der Waals surface area contributed by atoms with Crippen molar-refractivity contribution >= 4 is 11.9 Å². The molecule has 1 aliphatic rings. The van der Waals surface area contributed by atoms with Crippen LogP contribution in [0.5, 0.6) is 0 Å². The third kappa shape index (κ3) is 0.933. The molecule has 1 heterocycles. The van der Waals surface area contributed by atoms with Gasteiger partial charge in [0.25, 0.3) is 0 Å². The van der Waals surface area contributed by atoms with Crippen LogP contribution in [-0.2, 0) is 4.79 Å². The Morgan fingerprint density at radius 1 is 1.44 bits per heavy atom. The Bertz CT molecular complexity index is 149. The van der Waals surface area contributed by atoms with Gasteiger partial charge in [-0.1, -0.05) is 0 Å². The lowest BCUT2D eigenvalue weighted by Gasteiger charge is -1.92. The number of primary amides is 2. The zero-order chi connectivity index (χ0) is 7.02. The van der Waals surface area contributed by atoms with E-state index in [1.54, 1.807) is 0 Å². The highest BCUT2D eigenvalue weighted by Gasteiger charge is 2.41.